The van der Waals surface area contributed by atoms with Crippen LogP contribution >= 0.6 is 0 Å². The van der Waals surface area contributed by atoms with Crippen LogP contribution in [0.2, 0.25) is 0 Å². The summed E-state index contributed by atoms with van der Waals surface area (Å²) in [5.41, 5.74) is 1.83. The van der Waals surface area contributed by atoms with Gasteiger partial charge < -0.3 is 0 Å². The number of allylic oxidation sites excluding steroid dienone is 4. The third-order valence-corrected chi connectivity index (χ3v) is 1.18. The fourth-order valence-corrected chi connectivity index (χ4v) is 0.463. The molecule has 0 aromatic carbocycles. The first kappa shape index (κ1) is 7.97. The van der Waals surface area contributed by atoms with E-state index < -0.39 is 0 Å². The molecule has 9 heavy (non-hydrogen) atoms. The molecule has 0 fully saturated rings. The maximum Gasteiger partial charge on any atom is 0.0946 e. The van der Waals surface area contributed by atoms with Gasteiger partial charge in [0.15, 0.2) is 0 Å². The molecule has 0 bridgehead atoms. The smallest absolute Gasteiger partial charge is 0.0946 e. The Morgan fingerprint density at radius 1 is 1.44 bits per heavy atom. The van der Waals surface area contributed by atoms with E-state index in [0.717, 1.165) is 11.1 Å². The highest BCUT2D eigenvalue weighted by molar-refractivity contribution is 5.31. The minimum absolute atomic E-state index is 0.785. The molecule has 0 saturated carbocycles. The highest BCUT2D eigenvalue weighted by Crippen LogP contribution is 2.01. The number of rotatable bonds is 1. The predicted molar refractivity (Wildman–Crippen MR) is 38.8 cm³/mol. The summed E-state index contributed by atoms with van der Waals surface area (Å²) in [5, 5.41) is 8.39. The Morgan fingerprint density at radius 3 is 2.33 bits per heavy atom. The minimum atomic E-state index is 0.785. The lowest BCUT2D eigenvalue weighted by Gasteiger charge is -1.89. The average Bonchev–Trinajstić information content (AvgIpc) is 1.87. The number of hydrogen-bond acceptors (Lipinski definition) is 1. The van der Waals surface area contributed by atoms with Gasteiger partial charge in [-0.1, -0.05) is 12.2 Å². The second-order valence-corrected chi connectivity index (χ2v) is 1.92. The van der Waals surface area contributed by atoms with E-state index in [1.807, 2.05) is 32.9 Å². The molecule has 0 rings (SSSR count). The van der Waals surface area contributed by atoms with E-state index in [1.54, 1.807) is 0 Å². The topological polar surface area (TPSA) is 23.8 Å². The van der Waals surface area contributed by atoms with E-state index in [4.69, 9.17) is 5.26 Å². The van der Waals surface area contributed by atoms with Gasteiger partial charge in [0.2, 0.25) is 0 Å². The van der Waals surface area contributed by atoms with Crippen molar-refractivity contribution < 1.29 is 0 Å². The molecule has 0 aliphatic heterocycles. The molecule has 0 amide bonds. The number of nitriles is 1. The largest absolute Gasteiger partial charge is 0.193 e. The predicted octanol–water partition coefficient (Wildman–Crippen LogP) is 2.42. The maximum atomic E-state index is 8.39. The van der Waals surface area contributed by atoms with Gasteiger partial charge in [0.25, 0.3) is 0 Å². The highest BCUT2D eigenvalue weighted by atomic mass is 14.2. The second-order valence-electron chi connectivity index (χ2n) is 1.92. The summed E-state index contributed by atoms with van der Waals surface area (Å²) in [6, 6.07) is 2.08. The molecule has 0 N–H and O–H groups in total. The molecule has 0 heterocycles. The monoisotopic (exact) mass is 121 g/mol. The maximum absolute atomic E-state index is 8.39. The first-order valence-electron chi connectivity index (χ1n) is 2.92. The molecule has 1 heteroatoms. The van der Waals surface area contributed by atoms with Crippen LogP contribution in [0.25, 0.3) is 0 Å². The van der Waals surface area contributed by atoms with E-state index in [-0.39, 0.29) is 0 Å². The third-order valence-electron chi connectivity index (χ3n) is 1.18. The van der Waals surface area contributed by atoms with Gasteiger partial charge in [-0.2, -0.15) is 5.26 Å². The summed E-state index contributed by atoms with van der Waals surface area (Å²) in [6.07, 6.45) is 3.86. The summed E-state index contributed by atoms with van der Waals surface area (Å²) < 4.78 is 0. The molecule has 0 spiro atoms. The van der Waals surface area contributed by atoms with Gasteiger partial charge in [-0.05, 0) is 26.3 Å². The van der Waals surface area contributed by atoms with E-state index in [2.05, 4.69) is 6.07 Å². The molecular weight excluding hydrogens is 110 g/mol. The zero-order valence-electron chi connectivity index (χ0n) is 6.10. The van der Waals surface area contributed by atoms with E-state index in [0.29, 0.717) is 0 Å². The summed E-state index contributed by atoms with van der Waals surface area (Å²) in [5.74, 6) is 0. The SMILES string of the molecule is C/C=C/C(C)=C(\C)C#N. The van der Waals surface area contributed by atoms with Crippen molar-refractivity contribution in [2.24, 2.45) is 0 Å². The Morgan fingerprint density at radius 2 is 2.00 bits per heavy atom. The second kappa shape index (κ2) is 3.91. The molecule has 0 unspecified atom stereocenters. The lowest BCUT2D eigenvalue weighted by molar-refractivity contribution is 1.35. The summed E-state index contributed by atoms with van der Waals surface area (Å²) in [6.45, 7) is 5.68. The van der Waals surface area contributed by atoms with Crippen LogP contribution in [-0.2, 0) is 0 Å². The summed E-state index contributed by atoms with van der Waals surface area (Å²) in [4.78, 5) is 0. The molecule has 0 atom stereocenters. The Labute approximate surface area is 56.3 Å². The van der Waals surface area contributed by atoms with Gasteiger partial charge in [-0.15, -0.1) is 0 Å². The van der Waals surface area contributed by atoms with Crippen LogP contribution in [0, 0.1) is 11.3 Å². The van der Waals surface area contributed by atoms with E-state index >= 15 is 0 Å². The highest BCUT2D eigenvalue weighted by Gasteiger charge is 1.86. The molecule has 0 aliphatic carbocycles. The molecule has 48 valence electrons. The van der Waals surface area contributed by atoms with Crippen molar-refractivity contribution in [3.63, 3.8) is 0 Å². The third kappa shape index (κ3) is 2.71. The average molecular weight is 121 g/mol. The fraction of sp³-hybridized carbons (Fsp3) is 0.375. The van der Waals surface area contributed by atoms with Gasteiger partial charge in [0.05, 0.1) is 6.07 Å². The van der Waals surface area contributed by atoms with E-state index in [1.165, 1.54) is 0 Å². The van der Waals surface area contributed by atoms with Crippen molar-refractivity contribution in [3.8, 4) is 6.07 Å². The van der Waals surface area contributed by atoms with Gasteiger partial charge in [-0.25, -0.2) is 0 Å². The molecule has 0 saturated heterocycles. The van der Waals surface area contributed by atoms with Gasteiger partial charge in [0.1, 0.15) is 0 Å². The van der Waals surface area contributed by atoms with Crippen molar-refractivity contribution >= 4 is 0 Å². The van der Waals surface area contributed by atoms with Crippen LogP contribution in [0.3, 0.4) is 0 Å². The molecular formula is C8H11N. The van der Waals surface area contributed by atoms with Crippen molar-refractivity contribution in [1.82, 2.24) is 0 Å². The Bertz CT molecular complexity index is 179. The van der Waals surface area contributed by atoms with E-state index in [9.17, 15) is 0 Å². The fourth-order valence-electron chi connectivity index (χ4n) is 0.463. The minimum Gasteiger partial charge on any atom is -0.193 e. The molecule has 0 aromatic rings. The quantitative estimate of drug-likeness (QED) is 0.386. The van der Waals surface area contributed by atoms with Crippen molar-refractivity contribution in [2.75, 3.05) is 0 Å². The lowest BCUT2D eigenvalue weighted by Crippen LogP contribution is -1.73. The van der Waals surface area contributed by atoms with Gasteiger partial charge >= 0.3 is 0 Å². The number of nitrogens with zero attached hydrogens (tertiary/aromatic N) is 1. The van der Waals surface area contributed by atoms with Crippen molar-refractivity contribution in [3.05, 3.63) is 23.3 Å². The van der Waals surface area contributed by atoms with Gasteiger partial charge in [-0.3, -0.25) is 0 Å². The van der Waals surface area contributed by atoms with Crippen LogP contribution < -0.4 is 0 Å². The van der Waals surface area contributed by atoms with Crippen LogP contribution in [0.1, 0.15) is 20.8 Å². The van der Waals surface area contributed by atoms with Crippen LogP contribution in [0.15, 0.2) is 23.3 Å². The zero-order valence-corrected chi connectivity index (χ0v) is 6.10. The van der Waals surface area contributed by atoms with Gasteiger partial charge in [0, 0.05) is 5.57 Å². The first-order valence-corrected chi connectivity index (χ1v) is 2.92. The normalized spacial score (nSPS) is 13.1. The standard InChI is InChI=1S/C8H11N/c1-4-5-7(2)8(3)6-9/h4-5H,1-3H3/b5-4+,8-7+. The van der Waals surface area contributed by atoms with Crippen LogP contribution in [-0.4, -0.2) is 0 Å². The Kier molecular flexibility index (Phi) is 3.46. The summed E-state index contributed by atoms with van der Waals surface area (Å²) >= 11 is 0. The zero-order chi connectivity index (χ0) is 7.28. The molecule has 0 aliphatic rings. The van der Waals surface area contributed by atoms with Crippen molar-refractivity contribution in [1.29, 1.82) is 5.26 Å². The lowest BCUT2D eigenvalue weighted by atomic mass is 10.1. The first-order chi connectivity index (χ1) is 4.22. The summed E-state index contributed by atoms with van der Waals surface area (Å²) in [7, 11) is 0. The Hall–Kier alpha value is -1.03. The molecule has 0 aromatic heterocycles. The Balaban J connectivity index is 4.34. The number of hydrogen-bond donors (Lipinski definition) is 0. The van der Waals surface area contributed by atoms with Crippen LogP contribution in [0.4, 0.5) is 0 Å². The van der Waals surface area contributed by atoms with Crippen LogP contribution in [0.5, 0.6) is 0 Å². The van der Waals surface area contributed by atoms with Crippen molar-refractivity contribution in [2.45, 2.75) is 20.8 Å². The molecule has 0 radical (unpaired) electrons. The molecule has 1 nitrogen and oxygen atoms in total.